The summed E-state index contributed by atoms with van der Waals surface area (Å²) in [5.74, 6) is 1.37. The summed E-state index contributed by atoms with van der Waals surface area (Å²) in [5, 5.41) is 1.87. The average molecular weight is 496 g/mol. The van der Waals surface area contributed by atoms with E-state index in [1.54, 1.807) is 19.2 Å². The van der Waals surface area contributed by atoms with E-state index in [1.807, 2.05) is 83.4 Å². The van der Waals surface area contributed by atoms with E-state index < -0.39 is 11.9 Å². The molecule has 0 spiro atoms. The molecule has 6 aromatic rings. The molecule has 6 rings (SSSR count). The Morgan fingerprint density at radius 2 is 1.51 bits per heavy atom. The van der Waals surface area contributed by atoms with Crippen LogP contribution in [0.1, 0.15) is 11.3 Å². The Hall–Kier alpha value is -4.65. The molecule has 0 radical (unpaired) electrons. The van der Waals surface area contributed by atoms with Gasteiger partial charge in [-0.1, -0.05) is 54.6 Å². The molecular formula is C30H20F3N3O. The van der Waals surface area contributed by atoms with E-state index in [-0.39, 0.29) is 5.82 Å². The van der Waals surface area contributed by atoms with Crippen molar-refractivity contribution in [1.29, 1.82) is 0 Å². The van der Waals surface area contributed by atoms with Crippen LogP contribution < -0.4 is 4.74 Å². The van der Waals surface area contributed by atoms with Crippen molar-refractivity contribution in [2.24, 2.45) is 0 Å². The maximum atomic E-state index is 13.6. The van der Waals surface area contributed by atoms with Gasteiger partial charge in [-0.2, -0.15) is 13.2 Å². The van der Waals surface area contributed by atoms with E-state index in [0.29, 0.717) is 17.2 Å². The summed E-state index contributed by atoms with van der Waals surface area (Å²) in [6.07, 6.45) is -2.88. The van der Waals surface area contributed by atoms with Crippen LogP contribution in [0.5, 0.6) is 11.6 Å². The summed E-state index contributed by atoms with van der Waals surface area (Å²) in [5.41, 5.74) is 3.08. The van der Waals surface area contributed by atoms with Crippen molar-refractivity contribution in [2.45, 2.75) is 13.1 Å². The molecule has 0 saturated carbocycles. The molecule has 3 aromatic heterocycles. The highest BCUT2D eigenvalue weighted by Gasteiger charge is 2.33. The number of nitrogens with zero attached hydrogens (tertiary/aromatic N) is 3. The first kappa shape index (κ1) is 22.8. The zero-order chi connectivity index (χ0) is 25.6. The first-order valence-electron chi connectivity index (χ1n) is 11.7. The van der Waals surface area contributed by atoms with Crippen LogP contribution in [0.3, 0.4) is 0 Å². The number of ether oxygens (including phenoxy) is 1. The fourth-order valence-corrected chi connectivity index (χ4v) is 4.55. The van der Waals surface area contributed by atoms with E-state index >= 15 is 0 Å². The first-order chi connectivity index (χ1) is 17.9. The van der Waals surface area contributed by atoms with Gasteiger partial charge in [0, 0.05) is 23.0 Å². The molecule has 0 N–H and O–H groups in total. The van der Waals surface area contributed by atoms with Gasteiger partial charge in [0.2, 0.25) is 5.88 Å². The molecule has 182 valence electrons. The van der Waals surface area contributed by atoms with Crippen molar-refractivity contribution in [3.63, 3.8) is 0 Å². The Kier molecular flexibility index (Phi) is 5.41. The number of aromatic nitrogens is 3. The second kappa shape index (κ2) is 8.78. The molecule has 3 aromatic carbocycles. The van der Waals surface area contributed by atoms with Crippen LogP contribution >= 0.6 is 0 Å². The van der Waals surface area contributed by atoms with Gasteiger partial charge in [-0.25, -0.2) is 9.97 Å². The molecule has 37 heavy (non-hydrogen) atoms. The molecular weight excluding hydrogens is 475 g/mol. The highest BCUT2D eigenvalue weighted by atomic mass is 19.4. The van der Waals surface area contributed by atoms with Gasteiger partial charge in [0.1, 0.15) is 17.3 Å². The standard InChI is InChI=1S/C30H20F3N3O/c1-19-12-15-27(30(31,32)33)35-29(19)36-25-10-3-2-9-23(25)24-14-13-21(18-26(24)36)20-7-6-8-22(17-20)37-28-11-4-5-16-34-28/h2-18H,1H3. The van der Waals surface area contributed by atoms with Crippen molar-refractivity contribution in [3.05, 3.63) is 115 Å². The quantitative estimate of drug-likeness (QED) is 0.247. The number of hydrogen-bond acceptors (Lipinski definition) is 3. The maximum absolute atomic E-state index is 13.6. The monoisotopic (exact) mass is 495 g/mol. The largest absolute Gasteiger partial charge is 0.439 e. The lowest BCUT2D eigenvalue weighted by Crippen LogP contribution is -2.11. The molecule has 0 unspecified atom stereocenters. The number of fused-ring (bicyclic) bond motifs is 3. The number of para-hydroxylation sites is 1. The SMILES string of the molecule is Cc1ccc(C(F)(F)F)nc1-n1c2ccccc2c2ccc(-c3cccc(Oc4ccccn4)c3)cc21. The Labute approximate surface area is 210 Å². The lowest BCUT2D eigenvalue weighted by atomic mass is 10.0. The molecule has 0 saturated heterocycles. The minimum atomic E-state index is -4.54. The van der Waals surface area contributed by atoms with Gasteiger partial charge in [-0.05, 0) is 60.0 Å². The second-order valence-electron chi connectivity index (χ2n) is 8.72. The number of aryl methyl sites for hydroxylation is 1. The molecule has 0 aliphatic carbocycles. The van der Waals surface area contributed by atoms with Gasteiger partial charge in [0.15, 0.2) is 0 Å². The fourth-order valence-electron chi connectivity index (χ4n) is 4.55. The molecule has 0 atom stereocenters. The highest BCUT2D eigenvalue weighted by molar-refractivity contribution is 6.10. The number of benzene rings is 3. The van der Waals surface area contributed by atoms with Crippen molar-refractivity contribution in [1.82, 2.24) is 14.5 Å². The smallest absolute Gasteiger partial charge is 0.433 e. The van der Waals surface area contributed by atoms with E-state index in [1.165, 1.54) is 6.07 Å². The van der Waals surface area contributed by atoms with Gasteiger partial charge in [0.05, 0.1) is 11.0 Å². The molecule has 0 aliphatic heterocycles. The summed E-state index contributed by atoms with van der Waals surface area (Å²) < 4.78 is 48.4. The zero-order valence-electron chi connectivity index (χ0n) is 19.7. The van der Waals surface area contributed by atoms with Crippen LogP contribution in [-0.4, -0.2) is 14.5 Å². The first-order valence-corrected chi connectivity index (χ1v) is 11.7. The van der Waals surface area contributed by atoms with Gasteiger partial charge in [0.25, 0.3) is 0 Å². The van der Waals surface area contributed by atoms with Gasteiger partial charge < -0.3 is 4.74 Å². The maximum Gasteiger partial charge on any atom is 0.433 e. The van der Waals surface area contributed by atoms with Gasteiger partial charge in [-0.15, -0.1) is 0 Å². The third-order valence-electron chi connectivity index (χ3n) is 6.27. The van der Waals surface area contributed by atoms with E-state index in [9.17, 15) is 13.2 Å². The Morgan fingerprint density at radius 3 is 2.32 bits per heavy atom. The van der Waals surface area contributed by atoms with Crippen molar-refractivity contribution < 1.29 is 17.9 Å². The van der Waals surface area contributed by atoms with Crippen LogP contribution in [-0.2, 0) is 6.18 Å². The summed E-state index contributed by atoms with van der Waals surface area (Å²) in [4.78, 5) is 8.27. The minimum absolute atomic E-state index is 0.255. The van der Waals surface area contributed by atoms with E-state index in [0.717, 1.165) is 39.0 Å². The van der Waals surface area contributed by atoms with Crippen LogP contribution in [0.4, 0.5) is 13.2 Å². The van der Waals surface area contributed by atoms with Crippen LogP contribution in [0.25, 0.3) is 38.8 Å². The van der Waals surface area contributed by atoms with Gasteiger partial charge in [-0.3, -0.25) is 4.57 Å². The molecule has 3 heterocycles. The molecule has 0 fully saturated rings. The third kappa shape index (κ3) is 4.18. The summed E-state index contributed by atoms with van der Waals surface area (Å²) in [7, 11) is 0. The Bertz CT molecular complexity index is 1760. The number of pyridine rings is 2. The zero-order valence-corrected chi connectivity index (χ0v) is 19.7. The summed E-state index contributed by atoms with van der Waals surface area (Å²) in [6.45, 7) is 1.77. The lowest BCUT2D eigenvalue weighted by Gasteiger charge is -2.14. The predicted octanol–water partition coefficient (Wildman–Crippen LogP) is 8.36. The highest BCUT2D eigenvalue weighted by Crippen LogP contribution is 2.37. The molecule has 0 amide bonds. The second-order valence-corrected chi connectivity index (χ2v) is 8.72. The molecule has 0 aliphatic rings. The van der Waals surface area contributed by atoms with Gasteiger partial charge >= 0.3 is 6.18 Å². The number of rotatable bonds is 4. The Balaban J connectivity index is 1.54. The van der Waals surface area contributed by atoms with Crippen LogP contribution in [0.2, 0.25) is 0 Å². The number of hydrogen-bond donors (Lipinski definition) is 0. The van der Waals surface area contributed by atoms with Crippen molar-refractivity contribution in [3.8, 4) is 28.6 Å². The predicted molar refractivity (Wildman–Crippen MR) is 138 cm³/mol. The minimum Gasteiger partial charge on any atom is -0.439 e. The summed E-state index contributed by atoms with van der Waals surface area (Å²) in [6, 6.07) is 29.2. The fraction of sp³-hybridized carbons (Fsp3) is 0.0667. The Morgan fingerprint density at radius 1 is 0.730 bits per heavy atom. The number of halogens is 3. The molecule has 4 nitrogen and oxygen atoms in total. The average Bonchev–Trinajstić information content (AvgIpc) is 3.23. The number of alkyl halides is 3. The van der Waals surface area contributed by atoms with Crippen LogP contribution in [0, 0.1) is 6.92 Å². The summed E-state index contributed by atoms with van der Waals surface area (Å²) >= 11 is 0. The van der Waals surface area contributed by atoms with Crippen molar-refractivity contribution in [2.75, 3.05) is 0 Å². The normalized spacial score (nSPS) is 11.8. The van der Waals surface area contributed by atoms with E-state index in [2.05, 4.69) is 9.97 Å². The third-order valence-corrected chi connectivity index (χ3v) is 6.27. The molecule has 7 heteroatoms. The van der Waals surface area contributed by atoms with Crippen molar-refractivity contribution >= 4 is 21.8 Å². The van der Waals surface area contributed by atoms with E-state index in [4.69, 9.17) is 4.74 Å². The molecule has 0 bridgehead atoms. The van der Waals surface area contributed by atoms with Crippen LogP contribution in [0.15, 0.2) is 103 Å². The topological polar surface area (TPSA) is 39.9 Å². The lowest BCUT2D eigenvalue weighted by molar-refractivity contribution is -0.141.